The lowest BCUT2D eigenvalue weighted by molar-refractivity contribution is -0.155. The summed E-state index contributed by atoms with van der Waals surface area (Å²) in [4.78, 5) is 13.9. The van der Waals surface area contributed by atoms with Gasteiger partial charge in [-0.2, -0.15) is 0 Å². The van der Waals surface area contributed by atoms with Crippen molar-refractivity contribution in [2.45, 2.75) is 55.1 Å². The average molecular weight is 478 g/mol. The Labute approximate surface area is 201 Å². The van der Waals surface area contributed by atoms with Crippen molar-refractivity contribution in [3.8, 4) is 0 Å². The summed E-state index contributed by atoms with van der Waals surface area (Å²) in [6, 6.07) is 22.1. The summed E-state index contributed by atoms with van der Waals surface area (Å²) in [6.45, 7) is 8.40. The van der Waals surface area contributed by atoms with Crippen LogP contribution in [0.1, 0.15) is 12.1 Å². The third-order valence-electron chi connectivity index (χ3n) is 6.44. The molecule has 2 bridgehead atoms. The Morgan fingerprint density at radius 3 is 2.61 bits per heavy atom. The zero-order valence-corrected chi connectivity index (χ0v) is 21.3. The fraction of sp³-hybridized carbons (Fsp3) is 0.370. The summed E-state index contributed by atoms with van der Waals surface area (Å²) in [5, 5.41) is 1.39. The van der Waals surface area contributed by atoms with Crippen LogP contribution < -0.4 is 0 Å². The molecule has 1 saturated heterocycles. The SMILES string of the molecule is C[Si](C)(C)CCOCn1c(C2=CC3C(=O)OC2C[C@H]3Sc2ccccc2)cc2ccccc21. The summed E-state index contributed by atoms with van der Waals surface area (Å²) in [6.07, 6.45) is 2.78. The number of fused-ring (bicyclic) bond motifs is 3. The van der Waals surface area contributed by atoms with E-state index in [2.05, 4.69) is 72.7 Å². The van der Waals surface area contributed by atoms with Crippen LogP contribution in [0, 0.1) is 5.92 Å². The van der Waals surface area contributed by atoms with Crippen LogP contribution >= 0.6 is 11.8 Å². The highest BCUT2D eigenvalue weighted by atomic mass is 32.2. The van der Waals surface area contributed by atoms with Crippen LogP contribution in [-0.2, 0) is 21.0 Å². The van der Waals surface area contributed by atoms with Gasteiger partial charge in [0.15, 0.2) is 0 Å². The van der Waals surface area contributed by atoms with Gasteiger partial charge in [-0.05, 0) is 30.3 Å². The van der Waals surface area contributed by atoms with Gasteiger partial charge in [0.1, 0.15) is 12.8 Å². The van der Waals surface area contributed by atoms with E-state index in [0.717, 1.165) is 35.9 Å². The molecule has 0 saturated carbocycles. The van der Waals surface area contributed by atoms with Gasteiger partial charge in [-0.25, -0.2) is 0 Å². The second-order valence-electron chi connectivity index (χ2n) is 10.1. The first-order valence-electron chi connectivity index (χ1n) is 11.7. The molecule has 33 heavy (non-hydrogen) atoms. The highest BCUT2D eigenvalue weighted by molar-refractivity contribution is 8.00. The number of nitrogens with zero attached hydrogens (tertiary/aromatic N) is 1. The fourth-order valence-electron chi connectivity index (χ4n) is 4.61. The Kier molecular flexibility index (Phi) is 6.25. The fourth-order valence-corrected chi connectivity index (χ4v) is 6.64. The number of para-hydroxylation sites is 1. The van der Waals surface area contributed by atoms with E-state index in [0.29, 0.717) is 6.73 Å². The largest absolute Gasteiger partial charge is 0.457 e. The number of carbonyl (C=O) groups excluding carboxylic acids is 1. The van der Waals surface area contributed by atoms with Crippen molar-refractivity contribution >= 4 is 42.3 Å². The first-order valence-corrected chi connectivity index (χ1v) is 16.3. The van der Waals surface area contributed by atoms with Crippen molar-refractivity contribution in [1.82, 2.24) is 4.57 Å². The number of rotatable bonds is 8. The van der Waals surface area contributed by atoms with Crippen LogP contribution in [0.25, 0.3) is 16.5 Å². The van der Waals surface area contributed by atoms with Crippen molar-refractivity contribution in [2.24, 2.45) is 5.92 Å². The molecule has 172 valence electrons. The summed E-state index contributed by atoms with van der Waals surface area (Å²) >= 11 is 1.78. The Hall–Kier alpha value is -2.28. The number of carbonyl (C=O) groups is 1. The third kappa shape index (κ3) is 4.83. The maximum Gasteiger partial charge on any atom is 0.314 e. The van der Waals surface area contributed by atoms with Gasteiger partial charge in [-0.3, -0.25) is 4.79 Å². The summed E-state index contributed by atoms with van der Waals surface area (Å²) in [7, 11) is -1.14. The van der Waals surface area contributed by atoms with Crippen LogP contribution in [-0.4, -0.2) is 36.6 Å². The number of ether oxygens (including phenoxy) is 2. The molecule has 2 aliphatic heterocycles. The quantitative estimate of drug-likeness (QED) is 0.213. The van der Waals surface area contributed by atoms with Crippen LogP contribution in [0.4, 0.5) is 0 Å². The van der Waals surface area contributed by atoms with E-state index in [1.54, 1.807) is 11.8 Å². The van der Waals surface area contributed by atoms with E-state index in [-0.39, 0.29) is 23.2 Å². The van der Waals surface area contributed by atoms with Gasteiger partial charge in [0, 0.05) is 42.2 Å². The molecule has 1 aromatic heterocycles. The highest BCUT2D eigenvalue weighted by Gasteiger charge is 2.45. The molecule has 2 aromatic carbocycles. The van der Waals surface area contributed by atoms with Crippen molar-refractivity contribution in [2.75, 3.05) is 6.61 Å². The zero-order chi connectivity index (χ0) is 23.0. The number of esters is 1. The normalized spacial score (nSPS) is 22.5. The van der Waals surface area contributed by atoms with Crippen molar-refractivity contribution in [1.29, 1.82) is 0 Å². The van der Waals surface area contributed by atoms with Crippen LogP contribution in [0.2, 0.25) is 25.7 Å². The molecule has 3 aromatic rings. The second-order valence-corrected chi connectivity index (χ2v) is 17.1. The predicted octanol–water partition coefficient (Wildman–Crippen LogP) is 6.44. The second kappa shape index (κ2) is 9.16. The van der Waals surface area contributed by atoms with Gasteiger partial charge in [0.2, 0.25) is 0 Å². The molecule has 2 unspecified atom stereocenters. The monoisotopic (exact) mass is 477 g/mol. The third-order valence-corrected chi connectivity index (χ3v) is 9.47. The number of aromatic nitrogens is 1. The minimum absolute atomic E-state index is 0.0996. The Balaban J connectivity index is 1.43. The molecule has 3 aliphatic rings. The van der Waals surface area contributed by atoms with E-state index < -0.39 is 8.07 Å². The van der Waals surface area contributed by atoms with E-state index >= 15 is 0 Å². The summed E-state index contributed by atoms with van der Waals surface area (Å²) < 4.78 is 14.3. The van der Waals surface area contributed by atoms with Crippen LogP contribution in [0.15, 0.2) is 71.6 Å². The molecular formula is C27H31NO3SSi. The summed E-state index contributed by atoms with van der Waals surface area (Å²) in [5.41, 5.74) is 3.38. The van der Waals surface area contributed by atoms with E-state index in [4.69, 9.17) is 9.47 Å². The molecule has 6 heteroatoms. The van der Waals surface area contributed by atoms with Crippen molar-refractivity contribution in [3.63, 3.8) is 0 Å². The maximum atomic E-state index is 12.7. The number of benzene rings is 2. The Morgan fingerprint density at radius 1 is 1.09 bits per heavy atom. The topological polar surface area (TPSA) is 40.5 Å². The maximum absolute atomic E-state index is 12.7. The predicted molar refractivity (Wildman–Crippen MR) is 138 cm³/mol. The molecular weight excluding hydrogens is 446 g/mol. The van der Waals surface area contributed by atoms with Gasteiger partial charge in [-0.1, -0.05) is 62.1 Å². The molecule has 6 rings (SSSR count). The highest BCUT2D eigenvalue weighted by Crippen LogP contribution is 2.45. The zero-order valence-electron chi connectivity index (χ0n) is 19.5. The standard InChI is InChI=1S/C27H31NO3SSi/c1-33(2,3)14-13-30-18-28-23-12-8-7-9-19(23)15-24(28)21-16-22-26(17-25(21)31-27(22)29)32-20-10-5-4-6-11-20/h4-12,15-16,22,25-26H,13-14,17-18H2,1-3H3/t22?,25?,26-/m1/s1. The van der Waals surface area contributed by atoms with Gasteiger partial charge in [0.25, 0.3) is 0 Å². The molecule has 0 amide bonds. The number of hydrogen-bond donors (Lipinski definition) is 0. The van der Waals surface area contributed by atoms with Gasteiger partial charge < -0.3 is 14.0 Å². The lowest BCUT2D eigenvalue weighted by Crippen LogP contribution is -2.44. The molecule has 3 heterocycles. The smallest absolute Gasteiger partial charge is 0.314 e. The van der Waals surface area contributed by atoms with Crippen molar-refractivity contribution in [3.05, 3.63) is 72.4 Å². The molecule has 0 spiro atoms. The van der Waals surface area contributed by atoms with E-state index in [1.807, 2.05) is 18.2 Å². The molecule has 4 nitrogen and oxygen atoms in total. The lowest BCUT2D eigenvalue weighted by atomic mass is 9.83. The van der Waals surface area contributed by atoms with Crippen molar-refractivity contribution < 1.29 is 14.3 Å². The minimum Gasteiger partial charge on any atom is -0.457 e. The number of hydrogen-bond acceptors (Lipinski definition) is 4. The molecule has 0 N–H and O–H groups in total. The lowest BCUT2D eigenvalue weighted by Gasteiger charge is -2.40. The minimum atomic E-state index is -1.14. The van der Waals surface area contributed by atoms with E-state index in [9.17, 15) is 4.79 Å². The van der Waals surface area contributed by atoms with Gasteiger partial charge >= 0.3 is 5.97 Å². The molecule has 3 atom stereocenters. The molecule has 1 aliphatic carbocycles. The first-order chi connectivity index (χ1) is 15.9. The van der Waals surface area contributed by atoms with Crippen LogP contribution in [0.3, 0.4) is 0 Å². The summed E-state index contributed by atoms with van der Waals surface area (Å²) in [5.74, 6) is -0.327. The first kappa shape index (κ1) is 22.5. The van der Waals surface area contributed by atoms with Gasteiger partial charge in [0.05, 0.1) is 17.1 Å². The Bertz CT molecular complexity index is 1180. The number of thioether (sulfide) groups is 1. The average Bonchev–Trinajstić information content (AvgIpc) is 3.15. The molecule has 0 radical (unpaired) electrons. The van der Waals surface area contributed by atoms with E-state index in [1.165, 1.54) is 10.3 Å². The van der Waals surface area contributed by atoms with Gasteiger partial charge in [-0.15, -0.1) is 11.8 Å². The van der Waals surface area contributed by atoms with Crippen LogP contribution in [0.5, 0.6) is 0 Å². The molecule has 1 fully saturated rings. The Morgan fingerprint density at radius 2 is 1.85 bits per heavy atom.